The van der Waals surface area contributed by atoms with Crippen LogP contribution in [0.15, 0.2) is 23.2 Å². The maximum absolute atomic E-state index is 12.2. The summed E-state index contributed by atoms with van der Waals surface area (Å²) >= 11 is 11.8. The number of aliphatic hydroxyl groups is 1. The van der Waals surface area contributed by atoms with E-state index in [-0.39, 0.29) is 41.9 Å². The Hall–Kier alpha value is -0.810. The summed E-state index contributed by atoms with van der Waals surface area (Å²) < 4.78 is 5.50. The molecule has 0 saturated carbocycles. The lowest BCUT2D eigenvalue weighted by Gasteiger charge is -2.24. The number of halogens is 3. The van der Waals surface area contributed by atoms with Crippen LogP contribution in [0.2, 0.25) is 10.0 Å². The number of amides is 1. The SMILES string of the molecule is CCNC(=NCC1(CCO)CCOC1)NCCNC(=O)c1ccc(Cl)c(Cl)c1.I. The number of nitrogens with zero attached hydrogens (tertiary/aromatic N) is 1. The minimum atomic E-state index is -0.215. The van der Waals surface area contributed by atoms with Crippen molar-refractivity contribution in [1.29, 1.82) is 0 Å². The molecule has 1 aromatic carbocycles. The van der Waals surface area contributed by atoms with Crippen LogP contribution in [-0.4, -0.2) is 63.0 Å². The van der Waals surface area contributed by atoms with Crippen LogP contribution in [0.5, 0.6) is 0 Å². The van der Waals surface area contributed by atoms with E-state index in [1.807, 2.05) is 6.92 Å². The summed E-state index contributed by atoms with van der Waals surface area (Å²) in [7, 11) is 0. The lowest BCUT2D eigenvalue weighted by molar-refractivity contribution is 0.0954. The number of guanidine groups is 1. The lowest BCUT2D eigenvalue weighted by Crippen LogP contribution is -2.42. The van der Waals surface area contributed by atoms with Crippen LogP contribution >= 0.6 is 47.2 Å². The Kier molecular flexibility index (Phi) is 12.2. The van der Waals surface area contributed by atoms with E-state index in [1.165, 1.54) is 0 Å². The van der Waals surface area contributed by atoms with E-state index in [1.54, 1.807) is 18.2 Å². The van der Waals surface area contributed by atoms with Gasteiger partial charge in [0.15, 0.2) is 5.96 Å². The van der Waals surface area contributed by atoms with Crippen LogP contribution in [0.1, 0.15) is 30.1 Å². The number of hydrogen-bond donors (Lipinski definition) is 4. The number of benzene rings is 1. The van der Waals surface area contributed by atoms with Gasteiger partial charge in [0.05, 0.1) is 23.2 Å². The van der Waals surface area contributed by atoms with Crippen molar-refractivity contribution in [3.05, 3.63) is 33.8 Å². The quantitative estimate of drug-likeness (QED) is 0.162. The van der Waals surface area contributed by atoms with Gasteiger partial charge in [-0.1, -0.05) is 23.2 Å². The van der Waals surface area contributed by atoms with Gasteiger partial charge in [-0.2, -0.15) is 0 Å². The average Bonchev–Trinajstić information content (AvgIpc) is 3.14. The van der Waals surface area contributed by atoms with Gasteiger partial charge in [0.1, 0.15) is 0 Å². The van der Waals surface area contributed by atoms with E-state index in [4.69, 9.17) is 27.9 Å². The Morgan fingerprint density at radius 2 is 2.00 bits per heavy atom. The largest absolute Gasteiger partial charge is 0.396 e. The fourth-order valence-corrected chi connectivity index (χ4v) is 3.27. The molecule has 2 rings (SSSR count). The summed E-state index contributed by atoms with van der Waals surface area (Å²) in [6, 6.07) is 4.77. The van der Waals surface area contributed by atoms with E-state index in [2.05, 4.69) is 20.9 Å². The van der Waals surface area contributed by atoms with Gasteiger partial charge in [-0.15, -0.1) is 24.0 Å². The van der Waals surface area contributed by atoms with Crippen LogP contribution < -0.4 is 16.0 Å². The smallest absolute Gasteiger partial charge is 0.251 e. The minimum absolute atomic E-state index is 0. The number of aliphatic hydroxyl groups excluding tert-OH is 1. The van der Waals surface area contributed by atoms with Gasteiger partial charge in [0, 0.05) is 43.8 Å². The highest BCUT2D eigenvalue weighted by Gasteiger charge is 2.34. The number of carbonyl (C=O) groups is 1. The fraction of sp³-hybridized carbons (Fsp3) is 0.579. The van der Waals surface area contributed by atoms with Crippen LogP contribution in [0.25, 0.3) is 0 Å². The third-order valence-corrected chi connectivity index (χ3v) is 5.37. The van der Waals surface area contributed by atoms with E-state index < -0.39 is 0 Å². The molecule has 1 unspecified atom stereocenters. The predicted octanol–water partition coefficient (Wildman–Crippen LogP) is 2.69. The molecule has 1 aromatic rings. The molecule has 1 fully saturated rings. The van der Waals surface area contributed by atoms with Gasteiger partial charge in [-0.25, -0.2) is 0 Å². The van der Waals surface area contributed by atoms with Crippen molar-refractivity contribution in [2.45, 2.75) is 19.8 Å². The normalized spacial score (nSPS) is 18.8. The molecule has 0 aliphatic carbocycles. The first-order valence-electron chi connectivity index (χ1n) is 9.44. The first kappa shape index (κ1) is 26.2. The molecule has 1 atom stereocenters. The number of ether oxygens (including phenoxy) is 1. The zero-order chi connectivity index (χ0) is 20.4. The fourth-order valence-electron chi connectivity index (χ4n) is 2.97. The summed E-state index contributed by atoms with van der Waals surface area (Å²) in [4.78, 5) is 16.8. The van der Waals surface area contributed by atoms with E-state index in [0.29, 0.717) is 60.8 Å². The van der Waals surface area contributed by atoms with Crippen molar-refractivity contribution in [2.24, 2.45) is 10.4 Å². The Bertz CT molecular complexity index is 685. The van der Waals surface area contributed by atoms with E-state index in [9.17, 15) is 9.90 Å². The summed E-state index contributed by atoms with van der Waals surface area (Å²) in [6.07, 6.45) is 1.58. The van der Waals surface area contributed by atoms with Crippen molar-refractivity contribution in [1.82, 2.24) is 16.0 Å². The molecule has 1 heterocycles. The molecule has 1 aliphatic rings. The molecular weight excluding hydrogens is 530 g/mol. The molecule has 7 nitrogen and oxygen atoms in total. The van der Waals surface area contributed by atoms with Crippen molar-refractivity contribution in [2.75, 3.05) is 46.0 Å². The molecule has 0 bridgehead atoms. The highest BCUT2D eigenvalue weighted by molar-refractivity contribution is 14.0. The number of nitrogens with one attached hydrogen (secondary N) is 3. The second kappa shape index (κ2) is 13.5. The maximum atomic E-state index is 12.2. The van der Waals surface area contributed by atoms with Gasteiger partial charge >= 0.3 is 0 Å². The molecule has 4 N–H and O–H groups in total. The summed E-state index contributed by atoms with van der Waals surface area (Å²) in [6.45, 7) is 5.70. The topological polar surface area (TPSA) is 95.0 Å². The van der Waals surface area contributed by atoms with E-state index in [0.717, 1.165) is 13.0 Å². The third kappa shape index (κ3) is 8.45. The van der Waals surface area contributed by atoms with E-state index >= 15 is 0 Å². The lowest BCUT2D eigenvalue weighted by atomic mass is 9.84. The Labute approximate surface area is 199 Å². The standard InChI is InChI=1S/C19H28Cl2N4O3.HI/c1-2-22-18(25-12-19(5-9-26)6-10-28-13-19)24-8-7-23-17(27)14-3-4-15(20)16(21)11-14;/h3-4,11,26H,2,5-10,12-13H2,1H3,(H,23,27)(H2,22,24,25);1H. The summed E-state index contributed by atoms with van der Waals surface area (Å²) in [5, 5.41) is 19.3. The van der Waals surface area contributed by atoms with Crippen molar-refractivity contribution in [3.8, 4) is 0 Å². The molecule has 1 saturated heterocycles. The van der Waals surface area contributed by atoms with Crippen molar-refractivity contribution >= 4 is 59.0 Å². The number of hydrogen-bond acceptors (Lipinski definition) is 4. The Morgan fingerprint density at radius 3 is 2.62 bits per heavy atom. The second-order valence-corrected chi connectivity index (χ2v) is 7.60. The second-order valence-electron chi connectivity index (χ2n) is 6.78. The number of rotatable bonds is 9. The van der Waals surface area contributed by atoms with Gasteiger partial charge in [-0.05, 0) is 38.0 Å². The highest BCUT2D eigenvalue weighted by Crippen LogP contribution is 2.32. The summed E-state index contributed by atoms with van der Waals surface area (Å²) in [5.41, 5.74) is 0.362. The van der Waals surface area contributed by atoms with Crippen LogP contribution in [0.3, 0.4) is 0 Å². The zero-order valence-corrected chi connectivity index (χ0v) is 20.3. The molecule has 29 heavy (non-hydrogen) atoms. The summed E-state index contributed by atoms with van der Waals surface area (Å²) in [5.74, 6) is 0.461. The first-order valence-corrected chi connectivity index (χ1v) is 10.2. The first-order chi connectivity index (χ1) is 13.5. The maximum Gasteiger partial charge on any atom is 0.251 e. The molecule has 10 heteroatoms. The molecular formula is C19H29Cl2IN4O3. The number of aliphatic imine (C=N–C) groups is 1. The van der Waals surface area contributed by atoms with Crippen LogP contribution in [0, 0.1) is 5.41 Å². The molecule has 0 spiro atoms. The van der Waals surface area contributed by atoms with Crippen LogP contribution in [0.4, 0.5) is 0 Å². The van der Waals surface area contributed by atoms with Crippen molar-refractivity contribution in [3.63, 3.8) is 0 Å². The van der Waals surface area contributed by atoms with Gasteiger partial charge < -0.3 is 25.8 Å². The van der Waals surface area contributed by atoms with Gasteiger partial charge in [-0.3, -0.25) is 9.79 Å². The van der Waals surface area contributed by atoms with Gasteiger partial charge in [0.2, 0.25) is 0 Å². The molecule has 1 amide bonds. The predicted molar refractivity (Wildman–Crippen MR) is 128 cm³/mol. The average molecular weight is 559 g/mol. The molecule has 1 aliphatic heterocycles. The molecule has 0 aromatic heterocycles. The highest BCUT2D eigenvalue weighted by atomic mass is 127. The monoisotopic (exact) mass is 558 g/mol. The third-order valence-electron chi connectivity index (χ3n) is 4.63. The van der Waals surface area contributed by atoms with Crippen LogP contribution in [-0.2, 0) is 4.74 Å². The van der Waals surface area contributed by atoms with Crippen molar-refractivity contribution < 1.29 is 14.6 Å². The number of carbonyl (C=O) groups excluding carboxylic acids is 1. The zero-order valence-electron chi connectivity index (χ0n) is 16.5. The Balaban J connectivity index is 0.00000420. The Morgan fingerprint density at radius 1 is 1.24 bits per heavy atom. The van der Waals surface area contributed by atoms with Gasteiger partial charge in [0.25, 0.3) is 5.91 Å². The molecule has 0 radical (unpaired) electrons. The minimum Gasteiger partial charge on any atom is -0.396 e. The molecule has 164 valence electrons.